The maximum absolute atomic E-state index is 12.4. The van der Waals surface area contributed by atoms with Crippen LogP contribution in [-0.2, 0) is 14.3 Å². The second-order valence-corrected chi connectivity index (χ2v) is 6.24. The first-order valence-corrected chi connectivity index (χ1v) is 8.11. The molecule has 3 unspecified atom stereocenters. The topological polar surface area (TPSA) is 66.9 Å². The van der Waals surface area contributed by atoms with Gasteiger partial charge in [-0.1, -0.05) is 30.3 Å². The number of hydrogen-bond acceptors (Lipinski definition) is 4. The zero-order chi connectivity index (χ0) is 17.7. The van der Waals surface area contributed by atoms with Gasteiger partial charge in [0.2, 0.25) is 5.91 Å². The van der Waals surface area contributed by atoms with Crippen LogP contribution in [0.5, 0.6) is 0 Å². The lowest BCUT2D eigenvalue weighted by Crippen LogP contribution is -2.44. The summed E-state index contributed by atoms with van der Waals surface area (Å²) < 4.78 is 5.38. The van der Waals surface area contributed by atoms with Gasteiger partial charge in [-0.05, 0) is 12.5 Å². The van der Waals surface area contributed by atoms with E-state index in [0.717, 1.165) is 11.8 Å². The minimum absolute atomic E-state index is 0.108. The lowest BCUT2D eigenvalue weighted by molar-refractivity contribution is -0.135. The summed E-state index contributed by atoms with van der Waals surface area (Å²) in [6, 6.07) is 9.45. The highest BCUT2D eigenvalue weighted by atomic mass is 16.6. The van der Waals surface area contributed by atoms with E-state index in [1.807, 2.05) is 37.3 Å². The summed E-state index contributed by atoms with van der Waals surface area (Å²) in [6.07, 6.45) is 0.905. The van der Waals surface area contributed by atoms with Crippen LogP contribution >= 0.6 is 0 Å². The minimum Gasteiger partial charge on any atom is -0.445 e. The molecule has 1 saturated heterocycles. The Morgan fingerprint density at radius 3 is 2.71 bits per heavy atom. The lowest BCUT2D eigenvalue weighted by Gasteiger charge is -2.37. The zero-order valence-corrected chi connectivity index (χ0v) is 14.3. The van der Waals surface area contributed by atoms with Gasteiger partial charge in [-0.3, -0.25) is 4.79 Å². The molecule has 1 aliphatic rings. The van der Waals surface area contributed by atoms with Crippen molar-refractivity contribution in [3.8, 4) is 0 Å². The third kappa shape index (κ3) is 4.13. The fraction of sp³-hybridized carbons (Fsp3) is 0.500. The molecule has 1 aromatic carbocycles. The van der Waals surface area contributed by atoms with Crippen molar-refractivity contribution in [2.45, 2.75) is 44.4 Å². The highest BCUT2D eigenvalue weighted by Crippen LogP contribution is 2.31. The Morgan fingerprint density at radius 2 is 2.08 bits per heavy atom. The number of nitrogens with zero attached hydrogens (tertiary/aromatic N) is 2. The molecule has 0 N–H and O–H groups in total. The van der Waals surface area contributed by atoms with Gasteiger partial charge in [-0.15, -0.1) is 0 Å². The quantitative estimate of drug-likeness (QED) is 0.750. The normalized spacial score (nSPS) is 21.8. The first kappa shape index (κ1) is 18.0. The Bertz CT molecular complexity index is 590. The molecule has 3 atom stereocenters. The summed E-state index contributed by atoms with van der Waals surface area (Å²) in [5.74, 6) is -0.126. The molecule has 1 aromatic rings. The van der Waals surface area contributed by atoms with Crippen molar-refractivity contribution in [2.24, 2.45) is 0 Å². The Labute approximate surface area is 142 Å². The van der Waals surface area contributed by atoms with E-state index in [4.69, 9.17) is 4.74 Å². The smallest absolute Gasteiger partial charge is 0.410 e. The maximum atomic E-state index is 12.4. The predicted molar refractivity (Wildman–Crippen MR) is 89.4 cm³/mol. The summed E-state index contributed by atoms with van der Waals surface area (Å²) in [5.41, 5.74) is 1.02. The molecule has 0 bridgehead atoms. The van der Waals surface area contributed by atoms with E-state index in [1.54, 1.807) is 19.0 Å². The molecule has 0 saturated carbocycles. The molecule has 0 radical (unpaired) electrons. The highest BCUT2D eigenvalue weighted by molar-refractivity contribution is 5.78. The predicted octanol–water partition coefficient (Wildman–Crippen LogP) is 2.39. The monoisotopic (exact) mass is 332 g/mol. The second-order valence-electron chi connectivity index (χ2n) is 6.24. The van der Waals surface area contributed by atoms with Gasteiger partial charge < -0.3 is 19.3 Å². The number of carbonyl (C=O) groups is 3. The van der Waals surface area contributed by atoms with E-state index in [-0.39, 0.29) is 24.4 Å². The van der Waals surface area contributed by atoms with Crippen molar-refractivity contribution >= 4 is 18.3 Å². The van der Waals surface area contributed by atoms with E-state index in [9.17, 15) is 14.4 Å². The van der Waals surface area contributed by atoms with Crippen LogP contribution in [0.15, 0.2) is 30.3 Å². The average Bonchev–Trinajstić information content (AvgIpc) is 2.58. The van der Waals surface area contributed by atoms with E-state index < -0.39 is 12.2 Å². The lowest BCUT2D eigenvalue weighted by atomic mass is 9.96. The molecule has 0 aromatic heterocycles. The summed E-state index contributed by atoms with van der Waals surface area (Å²) in [6.45, 7) is 1.82. The molecule has 130 valence electrons. The van der Waals surface area contributed by atoms with Crippen molar-refractivity contribution in [1.82, 2.24) is 9.80 Å². The van der Waals surface area contributed by atoms with E-state index in [2.05, 4.69) is 0 Å². The number of aldehydes is 1. The van der Waals surface area contributed by atoms with E-state index in [0.29, 0.717) is 12.8 Å². The molecule has 6 heteroatoms. The van der Waals surface area contributed by atoms with Crippen LogP contribution in [0, 0.1) is 0 Å². The number of rotatable bonds is 6. The third-order valence-corrected chi connectivity index (χ3v) is 4.59. The Morgan fingerprint density at radius 1 is 1.42 bits per heavy atom. The van der Waals surface area contributed by atoms with Crippen molar-refractivity contribution in [3.63, 3.8) is 0 Å². The number of ether oxygens (including phenoxy) is 1. The van der Waals surface area contributed by atoms with Gasteiger partial charge in [0.25, 0.3) is 0 Å². The number of hydrogen-bond donors (Lipinski definition) is 0. The van der Waals surface area contributed by atoms with Crippen molar-refractivity contribution in [2.75, 3.05) is 14.1 Å². The Balaban J connectivity index is 2.05. The van der Waals surface area contributed by atoms with Crippen LogP contribution in [0.1, 0.15) is 37.8 Å². The molecule has 1 fully saturated rings. The van der Waals surface area contributed by atoms with Crippen LogP contribution in [0.4, 0.5) is 4.79 Å². The number of benzene rings is 1. The molecule has 0 aliphatic carbocycles. The molecule has 24 heavy (non-hydrogen) atoms. The van der Waals surface area contributed by atoms with Crippen LogP contribution in [-0.4, -0.2) is 54.3 Å². The average molecular weight is 332 g/mol. The standard InChI is InChI=1S/C18H24N2O4/c1-13(9-10-21)19(2)17(22)12-15-11-16(20(3)18(23)24-15)14-7-5-4-6-8-14/h4-8,10,13,15-16H,9,11-12H2,1-3H3. The van der Waals surface area contributed by atoms with Crippen molar-refractivity contribution in [3.05, 3.63) is 35.9 Å². The van der Waals surface area contributed by atoms with E-state index in [1.165, 1.54) is 4.90 Å². The molecule has 6 nitrogen and oxygen atoms in total. The molecule has 1 aliphatic heterocycles. The van der Waals surface area contributed by atoms with Gasteiger partial charge in [-0.25, -0.2) is 4.79 Å². The summed E-state index contributed by atoms with van der Waals surface area (Å²) in [7, 11) is 3.37. The second kappa shape index (κ2) is 7.95. The van der Waals surface area contributed by atoms with Gasteiger partial charge in [0.15, 0.2) is 0 Å². The SMILES string of the molecule is CC(CC=O)N(C)C(=O)CC1CC(c2ccccc2)N(C)C(=O)O1. The fourth-order valence-electron chi connectivity index (χ4n) is 2.85. The van der Waals surface area contributed by atoms with Gasteiger partial charge in [0, 0.05) is 33.0 Å². The zero-order valence-electron chi connectivity index (χ0n) is 14.3. The minimum atomic E-state index is -0.461. The number of cyclic esters (lactones) is 1. The first-order valence-electron chi connectivity index (χ1n) is 8.11. The van der Waals surface area contributed by atoms with Gasteiger partial charge in [0.05, 0.1) is 12.5 Å². The van der Waals surface area contributed by atoms with Crippen LogP contribution in [0.3, 0.4) is 0 Å². The molecular formula is C18H24N2O4. The van der Waals surface area contributed by atoms with Crippen molar-refractivity contribution < 1.29 is 19.1 Å². The maximum Gasteiger partial charge on any atom is 0.410 e. The first-order chi connectivity index (χ1) is 11.4. The third-order valence-electron chi connectivity index (χ3n) is 4.59. The summed E-state index contributed by atoms with van der Waals surface area (Å²) in [5, 5.41) is 0. The van der Waals surface area contributed by atoms with Crippen molar-refractivity contribution in [1.29, 1.82) is 0 Å². The van der Waals surface area contributed by atoms with Crippen LogP contribution < -0.4 is 0 Å². The number of carbonyl (C=O) groups excluding carboxylic acids is 3. The molecule has 2 amide bonds. The van der Waals surface area contributed by atoms with Gasteiger partial charge in [-0.2, -0.15) is 0 Å². The fourth-order valence-corrected chi connectivity index (χ4v) is 2.85. The molecular weight excluding hydrogens is 308 g/mol. The van der Waals surface area contributed by atoms with Crippen LogP contribution in [0.25, 0.3) is 0 Å². The Kier molecular flexibility index (Phi) is 5.95. The molecule has 1 heterocycles. The summed E-state index contributed by atoms with van der Waals surface area (Å²) >= 11 is 0. The largest absolute Gasteiger partial charge is 0.445 e. The van der Waals surface area contributed by atoms with Gasteiger partial charge >= 0.3 is 6.09 Å². The molecule has 2 rings (SSSR count). The molecule has 0 spiro atoms. The number of amides is 2. The van der Waals surface area contributed by atoms with E-state index >= 15 is 0 Å². The van der Waals surface area contributed by atoms with Gasteiger partial charge in [0.1, 0.15) is 12.4 Å². The summed E-state index contributed by atoms with van der Waals surface area (Å²) in [4.78, 5) is 38.2. The van der Waals surface area contributed by atoms with Crippen LogP contribution in [0.2, 0.25) is 0 Å². The Hall–Kier alpha value is -2.37. The highest BCUT2D eigenvalue weighted by Gasteiger charge is 2.35.